The number of rotatable bonds is 7. The number of aliphatic hydroxyl groups is 1. The summed E-state index contributed by atoms with van der Waals surface area (Å²) in [7, 11) is 8.88. The number of nitrogens with zero attached hydrogens (tertiary/aromatic N) is 9. The normalized spacial score (nSPS) is 10.0. The van der Waals surface area contributed by atoms with Gasteiger partial charge in [0.05, 0.1) is 47.7 Å². The van der Waals surface area contributed by atoms with Crippen LogP contribution in [-0.4, -0.2) is 66.8 Å². The molecule has 1 amide bonds. The molecule has 0 fully saturated rings. The van der Waals surface area contributed by atoms with Gasteiger partial charge in [0.2, 0.25) is 5.91 Å². The molecule has 4 aromatic heterocycles. The molecule has 2 aromatic carbocycles. The molecule has 13 nitrogen and oxygen atoms in total. The van der Waals surface area contributed by atoms with Gasteiger partial charge in [-0.2, -0.15) is 5.26 Å². The molecule has 0 unspecified atom stereocenters. The number of hydrogen-bond acceptors (Lipinski definition) is 10. The van der Waals surface area contributed by atoms with Crippen molar-refractivity contribution in [2.45, 2.75) is 26.7 Å². The molecule has 0 saturated carbocycles. The number of imidazole rings is 2. The third-order valence-corrected chi connectivity index (χ3v) is 7.94. The summed E-state index contributed by atoms with van der Waals surface area (Å²) < 4.78 is 3.94. The van der Waals surface area contributed by atoms with Gasteiger partial charge in [-0.1, -0.05) is 13.8 Å². The molecule has 6 aromatic rings. The van der Waals surface area contributed by atoms with Crippen molar-refractivity contribution in [3.63, 3.8) is 0 Å². The largest absolute Gasteiger partial charge is 1.00 e. The van der Waals surface area contributed by atoms with Crippen LogP contribution in [-0.2, 0) is 26.9 Å². The van der Waals surface area contributed by atoms with Gasteiger partial charge in [0, 0.05) is 64.4 Å². The van der Waals surface area contributed by atoms with Gasteiger partial charge < -0.3 is 35.3 Å². The molecule has 0 bridgehead atoms. The first-order valence-electron chi connectivity index (χ1n) is 15.1. The van der Waals surface area contributed by atoms with E-state index in [0.29, 0.717) is 11.1 Å². The number of aliphatic hydroxyl groups excluding tert-OH is 1. The van der Waals surface area contributed by atoms with Crippen LogP contribution >= 0.6 is 0 Å². The molecule has 0 spiro atoms. The number of carbonyl (C=O) groups excluding carboxylic acids is 1. The molecular weight excluding hydrogens is 631 g/mol. The van der Waals surface area contributed by atoms with Crippen LogP contribution in [0.5, 0.6) is 0 Å². The number of benzene rings is 2. The first-order valence-corrected chi connectivity index (χ1v) is 15.1. The van der Waals surface area contributed by atoms with Crippen molar-refractivity contribution in [2.75, 3.05) is 31.0 Å². The SMILES string of the molecule is CCc1cc(C#N)ccc1N(C)c1cc2c(cn1)ncn2C.CCc1cc(C(N)=O)ccc1N(C)c1cc2c(cn1)ncn2C.CO.[Na+].[OH-]. The average Bonchev–Trinajstić information content (AvgIpc) is 3.68. The number of fused-ring (bicyclic) bond motifs is 2. The fourth-order valence-corrected chi connectivity index (χ4v) is 5.27. The van der Waals surface area contributed by atoms with E-state index in [1.54, 1.807) is 31.1 Å². The Bertz CT molecular complexity index is 2070. The van der Waals surface area contributed by atoms with Crippen molar-refractivity contribution in [2.24, 2.45) is 19.8 Å². The second-order valence-corrected chi connectivity index (χ2v) is 10.8. The maximum Gasteiger partial charge on any atom is 1.00 e. The maximum atomic E-state index is 11.4. The van der Waals surface area contributed by atoms with Gasteiger partial charge in [0.15, 0.2) is 0 Å². The molecule has 0 aliphatic heterocycles. The number of primary amides is 1. The van der Waals surface area contributed by atoms with E-state index >= 15 is 0 Å². The molecule has 0 aliphatic carbocycles. The Morgan fingerprint density at radius 3 is 1.67 bits per heavy atom. The molecule has 4 N–H and O–H groups in total. The Kier molecular flexibility index (Phi) is 14.9. The summed E-state index contributed by atoms with van der Waals surface area (Å²) in [6, 6.07) is 17.5. The Morgan fingerprint density at radius 2 is 1.24 bits per heavy atom. The number of pyridine rings is 2. The monoisotopic (exact) mass is 672 g/mol. The zero-order chi connectivity index (χ0) is 34.2. The summed E-state index contributed by atoms with van der Waals surface area (Å²) in [4.78, 5) is 33.0. The smallest absolute Gasteiger partial charge is 0.870 e. The van der Waals surface area contributed by atoms with Crippen LogP contribution in [0, 0.1) is 11.3 Å². The molecule has 0 saturated heterocycles. The van der Waals surface area contributed by atoms with E-state index in [-0.39, 0.29) is 35.0 Å². The van der Waals surface area contributed by atoms with E-state index in [0.717, 1.165) is 76.2 Å². The van der Waals surface area contributed by atoms with Crippen LogP contribution in [0.15, 0.2) is 73.6 Å². The first kappa shape index (κ1) is 40.3. The van der Waals surface area contributed by atoms with E-state index in [1.165, 1.54) is 0 Å². The summed E-state index contributed by atoms with van der Waals surface area (Å²) in [6.07, 6.45) is 8.78. The average molecular weight is 673 g/mol. The predicted molar refractivity (Wildman–Crippen MR) is 188 cm³/mol. The minimum atomic E-state index is -0.414. The Hall–Kier alpha value is -4.84. The van der Waals surface area contributed by atoms with E-state index in [9.17, 15) is 4.79 Å². The van der Waals surface area contributed by atoms with E-state index in [1.807, 2.05) is 89.6 Å². The predicted octanol–water partition coefficient (Wildman–Crippen LogP) is 2.00. The van der Waals surface area contributed by atoms with Gasteiger partial charge in [-0.3, -0.25) is 4.79 Å². The molecule has 49 heavy (non-hydrogen) atoms. The summed E-state index contributed by atoms with van der Waals surface area (Å²) in [5.41, 5.74) is 14.6. The van der Waals surface area contributed by atoms with Crippen molar-refractivity contribution in [1.29, 1.82) is 5.26 Å². The maximum absolute atomic E-state index is 11.4. The van der Waals surface area contributed by atoms with Gasteiger partial charge in [0.1, 0.15) is 22.7 Å². The van der Waals surface area contributed by atoms with Crippen LogP contribution in [0.2, 0.25) is 0 Å². The van der Waals surface area contributed by atoms with Crippen LogP contribution < -0.4 is 45.1 Å². The van der Waals surface area contributed by atoms with Gasteiger partial charge >= 0.3 is 29.6 Å². The van der Waals surface area contributed by atoms with E-state index in [2.05, 4.69) is 39.9 Å². The van der Waals surface area contributed by atoms with Crippen molar-refractivity contribution in [3.8, 4) is 6.07 Å². The van der Waals surface area contributed by atoms with Crippen molar-refractivity contribution >= 4 is 51.0 Å². The molecule has 0 atom stereocenters. The zero-order valence-corrected chi connectivity index (χ0v) is 31.2. The standard InChI is InChI=1S/C17H19N5O.C17H17N5.CH4O.Na.H2O/c1-4-11-7-12(17(18)23)5-6-14(11)22(3)16-8-15-13(9-19-16)20-10-21(15)2;1-4-13-7-12(9-18)5-6-15(13)22(3)17-8-16-14(10-19-17)20-11-21(16)2;1-2;;/h5-10H,4H2,1-3H3,(H2,18,23);5-8,10-11H,4H2,1-3H3;2H,1H3;;1H2/q;;;+1;/p-1. The second-order valence-electron chi connectivity index (χ2n) is 10.8. The summed E-state index contributed by atoms with van der Waals surface area (Å²) >= 11 is 0. The first-order chi connectivity index (χ1) is 22.6. The fourth-order valence-electron chi connectivity index (χ4n) is 5.27. The number of nitriles is 1. The van der Waals surface area contributed by atoms with Crippen LogP contribution in [0.3, 0.4) is 0 Å². The number of aromatic nitrogens is 6. The molecular formula is C35H41N10NaO3. The number of aryl methyl sites for hydroxylation is 4. The van der Waals surface area contributed by atoms with Gasteiger partial charge in [-0.25, -0.2) is 19.9 Å². The number of amides is 1. The van der Waals surface area contributed by atoms with Crippen LogP contribution in [0.1, 0.15) is 40.9 Å². The minimum Gasteiger partial charge on any atom is -0.870 e. The molecule has 0 aliphatic rings. The summed E-state index contributed by atoms with van der Waals surface area (Å²) in [5.74, 6) is 1.27. The minimum absolute atomic E-state index is 0. The van der Waals surface area contributed by atoms with E-state index in [4.69, 9.17) is 16.1 Å². The molecule has 4 heterocycles. The Balaban J connectivity index is 0.000000312. The number of hydrogen-bond donors (Lipinski definition) is 2. The van der Waals surface area contributed by atoms with Crippen LogP contribution in [0.25, 0.3) is 22.1 Å². The zero-order valence-electron chi connectivity index (χ0n) is 29.2. The third-order valence-electron chi connectivity index (χ3n) is 7.94. The van der Waals surface area contributed by atoms with Crippen molar-refractivity contribution < 1.29 is 44.9 Å². The van der Waals surface area contributed by atoms with Gasteiger partial charge in [-0.05, 0) is 60.4 Å². The number of carbonyl (C=O) groups is 1. The van der Waals surface area contributed by atoms with Gasteiger partial charge in [-0.15, -0.1) is 0 Å². The summed E-state index contributed by atoms with van der Waals surface area (Å²) in [5, 5.41) is 16.0. The fraction of sp³-hybridized carbons (Fsp3) is 0.257. The summed E-state index contributed by atoms with van der Waals surface area (Å²) in [6.45, 7) is 4.14. The van der Waals surface area contributed by atoms with E-state index < -0.39 is 5.91 Å². The Morgan fingerprint density at radius 1 is 0.796 bits per heavy atom. The second kappa shape index (κ2) is 18.1. The van der Waals surface area contributed by atoms with Crippen molar-refractivity contribution in [3.05, 3.63) is 95.8 Å². The molecule has 250 valence electrons. The van der Waals surface area contributed by atoms with Gasteiger partial charge in [0.25, 0.3) is 0 Å². The number of nitrogens with two attached hydrogens (primary N) is 1. The molecule has 14 heteroatoms. The topological polar surface area (TPSA) is 185 Å². The molecule has 6 rings (SSSR count). The number of anilines is 4. The third kappa shape index (κ3) is 8.80. The molecule has 0 radical (unpaired) electrons. The van der Waals surface area contributed by atoms with Crippen molar-refractivity contribution in [1.82, 2.24) is 29.1 Å². The van der Waals surface area contributed by atoms with Crippen LogP contribution in [0.4, 0.5) is 23.0 Å². The Labute approximate surface area is 308 Å². The quantitative estimate of drug-likeness (QED) is 0.238.